The second kappa shape index (κ2) is 9.32. The second-order valence-corrected chi connectivity index (χ2v) is 5.81. The molecule has 0 aliphatic carbocycles. The molecule has 0 spiro atoms. The lowest BCUT2D eigenvalue weighted by Crippen LogP contribution is -2.46. The highest BCUT2D eigenvalue weighted by molar-refractivity contribution is 5.78. The van der Waals surface area contributed by atoms with E-state index in [1.165, 1.54) is 19.4 Å². The van der Waals surface area contributed by atoms with E-state index in [-0.39, 0.29) is 11.8 Å². The molecular formula is C15H31N3O. The average Bonchev–Trinajstić information content (AvgIpc) is 2.43. The molecule has 1 fully saturated rings. The van der Waals surface area contributed by atoms with Crippen LogP contribution in [-0.4, -0.2) is 43.0 Å². The topological polar surface area (TPSA) is 58.4 Å². The van der Waals surface area contributed by atoms with Gasteiger partial charge in [0.1, 0.15) is 0 Å². The second-order valence-electron chi connectivity index (χ2n) is 5.81. The summed E-state index contributed by atoms with van der Waals surface area (Å²) in [4.78, 5) is 14.5. The Morgan fingerprint density at radius 2 is 2.05 bits per heavy atom. The molecule has 3 N–H and O–H groups in total. The minimum absolute atomic E-state index is 0.0988. The lowest BCUT2D eigenvalue weighted by atomic mass is 10.0. The van der Waals surface area contributed by atoms with E-state index in [9.17, 15) is 4.79 Å². The van der Waals surface area contributed by atoms with Crippen molar-refractivity contribution in [3.05, 3.63) is 0 Å². The van der Waals surface area contributed by atoms with Crippen molar-refractivity contribution in [3.63, 3.8) is 0 Å². The van der Waals surface area contributed by atoms with Crippen LogP contribution in [0.15, 0.2) is 0 Å². The molecule has 112 valence electrons. The summed E-state index contributed by atoms with van der Waals surface area (Å²) >= 11 is 0. The predicted octanol–water partition coefficient (Wildman–Crippen LogP) is 1.74. The first kappa shape index (κ1) is 16.4. The molecule has 0 aromatic carbocycles. The maximum Gasteiger partial charge on any atom is 0.223 e. The number of nitrogens with zero attached hydrogens (tertiary/aromatic N) is 1. The molecule has 1 atom stereocenters. The van der Waals surface area contributed by atoms with Gasteiger partial charge >= 0.3 is 0 Å². The Labute approximate surface area is 118 Å². The van der Waals surface area contributed by atoms with Crippen molar-refractivity contribution in [3.8, 4) is 0 Å². The Kier molecular flexibility index (Phi) is 8.07. The van der Waals surface area contributed by atoms with Gasteiger partial charge in [-0.1, -0.05) is 20.3 Å². The van der Waals surface area contributed by atoms with Gasteiger partial charge in [-0.3, -0.25) is 4.79 Å². The number of unbranched alkanes of at least 4 members (excludes halogenated alkanes) is 1. The standard InChI is InChI=1S/C15H31N3O/c1-3-4-10-18-11-7-14(8-12-18)17-15(19)13(2)6-5-9-16/h13-14H,3-12,16H2,1-2H3,(H,17,19). The molecule has 0 aromatic heterocycles. The minimum atomic E-state index is 0.0988. The van der Waals surface area contributed by atoms with E-state index in [1.807, 2.05) is 6.92 Å². The first-order valence-electron chi connectivity index (χ1n) is 7.90. The zero-order chi connectivity index (χ0) is 14.1. The highest BCUT2D eigenvalue weighted by Gasteiger charge is 2.22. The van der Waals surface area contributed by atoms with E-state index in [4.69, 9.17) is 5.73 Å². The van der Waals surface area contributed by atoms with E-state index < -0.39 is 0 Å². The number of amides is 1. The van der Waals surface area contributed by atoms with Crippen molar-refractivity contribution in [1.82, 2.24) is 10.2 Å². The molecule has 0 radical (unpaired) electrons. The largest absolute Gasteiger partial charge is 0.353 e. The third-order valence-corrected chi connectivity index (χ3v) is 4.05. The zero-order valence-electron chi connectivity index (χ0n) is 12.7. The van der Waals surface area contributed by atoms with Gasteiger partial charge < -0.3 is 16.0 Å². The molecule has 1 rings (SSSR count). The molecular weight excluding hydrogens is 238 g/mol. The Bertz CT molecular complexity index is 250. The molecule has 1 heterocycles. The first-order chi connectivity index (χ1) is 9.17. The van der Waals surface area contributed by atoms with E-state index in [0.29, 0.717) is 12.6 Å². The average molecular weight is 269 g/mol. The fraction of sp³-hybridized carbons (Fsp3) is 0.933. The number of rotatable bonds is 8. The summed E-state index contributed by atoms with van der Waals surface area (Å²) in [6.45, 7) is 8.37. The molecule has 1 aliphatic rings. The number of piperidine rings is 1. The van der Waals surface area contributed by atoms with Crippen LogP contribution < -0.4 is 11.1 Å². The highest BCUT2D eigenvalue weighted by atomic mass is 16.1. The van der Waals surface area contributed by atoms with Gasteiger partial charge in [0.2, 0.25) is 5.91 Å². The lowest BCUT2D eigenvalue weighted by molar-refractivity contribution is -0.125. The number of hydrogen-bond donors (Lipinski definition) is 2. The van der Waals surface area contributed by atoms with Crippen LogP contribution in [0.1, 0.15) is 52.4 Å². The molecule has 0 bridgehead atoms. The third-order valence-electron chi connectivity index (χ3n) is 4.05. The molecule has 19 heavy (non-hydrogen) atoms. The highest BCUT2D eigenvalue weighted by Crippen LogP contribution is 2.13. The van der Waals surface area contributed by atoms with Gasteiger partial charge in [0.05, 0.1) is 0 Å². The van der Waals surface area contributed by atoms with Crippen LogP contribution in [0.3, 0.4) is 0 Å². The van der Waals surface area contributed by atoms with Crippen LogP contribution in [0, 0.1) is 5.92 Å². The quantitative estimate of drug-likeness (QED) is 0.706. The maximum absolute atomic E-state index is 12.0. The number of hydrogen-bond acceptors (Lipinski definition) is 3. The number of carbonyl (C=O) groups is 1. The van der Waals surface area contributed by atoms with Crippen molar-refractivity contribution in [2.45, 2.75) is 58.4 Å². The van der Waals surface area contributed by atoms with E-state index >= 15 is 0 Å². The van der Waals surface area contributed by atoms with Gasteiger partial charge in [-0.15, -0.1) is 0 Å². The van der Waals surface area contributed by atoms with Crippen LogP contribution >= 0.6 is 0 Å². The summed E-state index contributed by atoms with van der Waals surface area (Å²) in [6.07, 6.45) is 6.57. The smallest absolute Gasteiger partial charge is 0.223 e. The molecule has 1 unspecified atom stereocenters. The monoisotopic (exact) mass is 269 g/mol. The summed E-state index contributed by atoms with van der Waals surface area (Å²) in [5, 5.41) is 3.20. The number of likely N-dealkylation sites (tertiary alicyclic amines) is 1. The summed E-state index contributed by atoms with van der Waals surface area (Å²) in [5.74, 6) is 0.308. The van der Waals surface area contributed by atoms with Crippen molar-refractivity contribution in [1.29, 1.82) is 0 Å². The molecule has 1 saturated heterocycles. The van der Waals surface area contributed by atoms with Gasteiger partial charge in [0.15, 0.2) is 0 Å². The molecule has 1 aliphatic heterocycles. The summed E-state index contributed by atoms with van der Waals surface area (Å²) in [7, 11) is 0. The molecule has 4 nitrogen and oxygen atoms in total. The van der Waals surface area contributed by atoms with Crippen molar-refractivity contribution in [2.24, 2.45) is 11.7 Å². The fourth-order valence-electron chi connectivity index (χ4n) is 2.58. The third kappa shape index (κ3) is 6.39. The first-order valence-corrected chi connectivity index (χ1v) is 7.90. The Morgan fingerprint density at radius 3 is 2.63 bits per heavy atom. The van der Waals surface area contributed by atoms with Crippen LogP contribution in [-0.2, 0) is 4.79 Å². The van der Waals surface area contributed by atoms with Crippen molar-refractivity contribution < 1.29 is 4.79 Å². The lowest BCUT2D eigenvalue weighted by Gasteiger charge is -2.32. The Morgan fingerprint density at radius 1 is 1.37 bits per heavy atom. The zero-order valence-corrected chi connectivity index (χ0v) is 12.7. The van der Waals surface area contributed by atoms with Gasteiger partial charge in [0.25, 0.3) is 0 Å². The van der Waals surface area contributed by atoms with E-state index in [1.54, 1.807) is 0 Å². The van der Waals surface area contributed by atoms with Gasteiger partial charge in [-0.2, -0.15) is 0 Å². The summed E-state index contributed by atoms with van der Waals surface area (Å²) in [6, 6.07) is 0.380. The van der Waals surface area contributed by atoms with Crippen LogP contribution in [0.5, 0.6) is 0 Å². The molecule has 0 saturated carbocycles. The Hall–Kier alpha value is -0.610. The van der Waals surface area contributed by atoms with Gasteiger partial charge in [-0.05, 0) is 45.2 Å². The molecule has 1 amide bonds. The predicted molar refractivity (Wildman–Crippen MR) is 80.0 cm³/mol. The van der Waals surface area contributed by atoms with Crippen LogP contribution in [0.25, 0.3) is 0 Å². The van der Waals surface area contributed by atoms with Crippen molar-refractivity contribution >= 4 is 5.91 Å². The SMILES string of the molecule is CCCCN1CCC(NC(=O)C(C)CCCN)CC1. The number of carbonyl (C=O) groups excluding carboxylic acids is 1. The summed E-state index contributed by atoms with van der Waals surface area (Å²) in [5.41, 5.74) is 5.48. The van der Waals surface area contributed by atoms with Gasteiger partial charge in [0, 0.05) is 25.0 Å². The minimum Gasteiger partial charge on any atom is -0.353 e. The van der Waals surface area contributed by atoms with Crippen LogP contribution in [0.2, 0.25) is 0 Å². The Balaban J connectivity index is 2.19. The fourth-order valence-corrected chi connectivity index (χ4v) is 2.58. The van der Waals surface area contributed by atoms with Crippen LogP contribution in [0.4, 0.5) is 0 Å². The molecule has 4 heteroatoms. The number of nitrogens with two attached hydrogens (primary N) is 1. The number of nitrogens with one attached hydrogen (secondary N) is 1. The maximum atomic E-state index is 12.0. The molecule has 0 aromatic rings. The van der Waals surface area contributed by atoms with E-state index in [2.05, 4.69) is 17.1 Å². The van der Waals surface area contributed by atoms with Crippen molar-refractivity contribution in [2.75, 3.05) is 26.2 Å². The summed E-state index contributed by atoms with van der Waals surface area (Å²) < 4.78 is 0. The normalized spacial score (nSPS) is 19.3. The van der Waals surface area contributed by atoms with E-state index in [0.717, 1.165) is 38.8 Å². The van der Waals surface area contributed by atoms with Gasteiger partial charge in [-0.25, -0.2) is 0 Å².